The van der Waals surface area contributed by atoms with E-state index in [0.717, 1.165) is 6.42 Å². The lowest BCUT2D eigenvalue weighted by molar-refractivity contribution is -0.154. The molecule has 1 atom stereocenters. The van der Waals surface area contributed by atoms with Crippen molar-refractivity contribution in [3.63, 3.8) is 0 Å². The molecule has 3 nitrogen and oxygen atoms in total. The molecule has 0 radical (unpaired) electrons. The molecule has 3 heteroatoms. The Morgan fingerprint density at radius 3 is 2.21 bits per heavy atom. The molecule has 84 valence electrons. The Kier molecular flexibility index (Phi) is 6.54. The van der Waals surface area contributed by atoms with Crippen LogP contribution < -0.4 is 0 Å². The number of esters is 1. The van der Waals surface area contributed by atoms with Crippen LogP contribution in [0.25, 0.3) is 0 Å². The maximum Gasteiger partial charge on any atom is 0.334 e. The largest absolute Gasteiger partial charge is 0.464 e. The summed E-state index contributed by atoms with van der Waals surface area (Å²) in [7, 11) is 0. The molecule has 0 aromatic carbocycles. The van der Waals surface area contributed by atoms with Gasteiger partial charge in [0.1, 0.15) is 0 Å². The fourth-order valence-corrected chi connectivity index (χ4v) is 1.03. The Morgan fingerprint density at radius 2 is 1.79 bits per heavy atom. The van der Waals surface area contributed by atoms with Crippen molar-refractivity contribution in [1.82, 2.24) is 0 Å². The number of carbonyl (C=O) groups excluding carboxylic acids is 1. The number of aliphatic hydroxyl groups excluding tert-OH is 1. The fraction of sp³-hybridized carbons (Fsp3) is 0.909. The minimum Gasteiger partial charge on any atom is -0.464 e. The van der Waals surface area contributed by atoms with Crippen LogP contribution in [0.15, 0.2) is 0 Å². The first-order valence-corrected chi connectivity index (χ1v) is 5.28. The van der Waals surface area contributed by atoms with E-state index in [9.17, 15) is 9.90 Å². The minimum absolute atomic E-state index is 0.308. The average molecular weight is 202 g/mol. The highest BCUT2D eigenvalue weighted by molar-refractivity contribution is 5.74. The van der Waals surface area contributed by atoms with E-state index in [2.05, 4.69) is 13.8 Å². The molecule has 0 bridgehead atoms. The summed E-state index contributed by atoms with van der Waals surface area (Å²) in [5, 5.41) is 9.38. The monoisotopic (exact) mass is 202 g/mol. The van der Waals surface area contributed by atoms with E-state index in [1.165, 1.54) is 0 Å². The molecule has 0 spiro atoms. The Balaban J connectivity index is 3.62. The lowest BCUT2D eigenvalue weighted by Crippen LogP contribution is -2.25. The van der Waals surface area contributed by atoms with Gasteiger partial charge in [-0.15, -0.1) is 0 Å². The normalized spacial score (nSPS) is 13.4. The van der Waals surface area contributed by atoms with Gasteiger partial charge in [0.25, 0.3) is 0 Å². The molecular formula is C11H22O3. The summed E-state index contributed by atoms with van der Waals surface area (Å²) in [4.78, 5) is 11.2. The van der Waals surface area contributed by atoms with E-state index in [0.29, 0.717) is 24.9 Å². The minimum atomic E-state index is -0.956. The molecule has 0 saturated carbocycles. The highest BCUT2D eigenvalue weighted by Crippen LogP contribution is 2.07. The van der Waals surface area contributed by atoms with Crippen molar-refractivity contribution in [1.29, 1.82) is 0 Å². The van der Waals surface area contributed by atoms with Gasteiger partial charge in [0.15, 0.2) is 6.10 Å². The third-order valence-electron chi connectivity index (χ3n) is 1.91. The van der Waals surface area contributed by atoms with Crippen molar-refractivity contribution in [2.24, 2.45) is 11.8 Å². The fourth-order valence-electron chi connectivity index (χ4n) is 1.03. The number of aliphatic hydroxyl groups is 1. The predicted molar refractivity (Wildman–Crippen MR) is 55.9 cm³/mol. The van der Waals surface area contributed by atoms with E-state index in [1.807, 2.05) is 13.8 Å². The van der Waals surface area contributed by atoms with Crippen LogP contribution in [0, 0.1) is 11.8 Å². The molecule has 1 N–H and O–H groups in total. The smallest absolute Gasteiger partial charge is 0.334 e. The molecule has 0 saturated heterocycles. The van der Waals surface area contributed by atoms with Crippen LogP contribution in [-0.2, 0) is 9.53 Å². The maximum absolute atomic E-state index is 11.2. The Bertz CT molecular complexity index is 164. The zero-order chi connectivity index (χ0) is 11.1. The predicted octanol–water partition coefficient (Wildman–Crippen LogP) is 1.98. The highest BCUT2D eigenvalue weighted by atomic mass is 16.5. The summed E-state index contributed by atoms with van der Waals surface area (Å²) in [6.45, 7) is 8.47. The lowest BCUT2D eigenvalue weighted by Gasteiger charge is -2.13. The molecule has 1 unspecified atom stereocenters. The Hall–Kier alpha value is -0.570. The second-order valence-corrected chi connectivity index (χ2v) is 4.50. The van der Waals surface area contributed by atoms with Crippen LogP contribution in [0.1, 0.15) is 40.5 Å². The van der Waals surface area contributed by atoms with Crippen LogP contribution >= 0.6 is 0 Å². The number of hydrogen-bond donors (Lipinski definition) is 1. The standard InChI is InChI=1S/C11H22O3/c1-8(2)5-6-14-11(13)10(12)7-9(3)4/h8-10,12H,5-7H2,1-4H3. The summed E-state index contributed by atoms with van der Waals surface area (Å²) < 4.78 is 4.93. The molecule has 0 heterocycles. The second kappa shape index (κ2) is 6.82. The molecule has 0 aliphatic rings. The third-order valence-corrected chi connectivity index (χ3v) is 1.91. The maximum atomic E-state index is 11.2. The van der Waals surface area contributed by atoms with Gasteiger partial charge >= 0.3 is 5.97 Å². The number of hydrogen-bond acceptors (Lipinski definition) is 3. The lowest BCUT2D eigenvalue weighted by atomic mass is 10.1. The summed E-state index contributed by atoms with van der Waals surface area (Å²) in [6, 6.07) is 0. The first-order chi connectivity index (χ1) is 6.43. The number of rotatable bonds is 6. The van der Waals surface area contributed by atoms with Crippen LogP contribution in [0.3, 0.4) is 0 Å². The van der Waals surface area contributed by atoms with Gasteiger partial charge in [-0.25, -0.2) is 4.79 Å². The zero-order valence-electron chi connectivity index (χ0n) is 9.62. The van der Waals surface area contributed by atoms with Crippen molar-refractivity contribution >= 4 is 5.97 Å². The molecule has 0 amide bonds. The van der Waals surface area contributed by atoms with Crippen LogP contribution in [-0.4, -0.2) is 23.8 Å². The topological polar surface area (TPSA) is 46.5 Å². The molecule has 0 aromatic heterocycles. The highest BCUT2D eigenvalue weighted by Gasteiger charge is 2.17. The van der Waals surface area contributed by atoms with Crippen molar-refractivity contribution in [2.45, 2.75) is 46.6 Å². The number of ether oxygens (including phenoxy) is 1. The van der Waals surface area contributed by atoms with Gasteiger partial charge in [-0.1, -0.05) is 27.7 Å². The molecule has 0 rings (SSSR count). The van der Waals surface area contributed by atoms with E-state index in [1.54, 1.807) is 0 Å². The third kappa shape index (κ3) is 6.89. The summed E-state index contributed by atoms with van der Waals surface area (Å²) in [6.07, 6.45) is 0.364. The Labute approximate surface area is 86.5 Å². The SMILES string of the molecule is CC(C)CCOC(=O)C(O)CC(C)C. The quantitative estimate of drug-likeness (QED) is 0.670. The summed E-state index contributed by atoms with van der Waals surface area (Å²) >= 11 is 0. The molecule has 0 aliphatic heterocycles. The van der Waals surface area contributed by atoms with Crippen LogP contribution in [0.5, 0.6) is 0 Å². The van der Waals surface area contributed by atoms with Crippen LogP contribution in [0.4, 0.5) is 0 Å². The second-order valence-electron chi connectivity index (χ2n) is 4.50. The first-order valence-electron chi connectivity index (χ1n) is 5.28. The van der Waals surface area contributed by atoms with Gasteiger partial charge in [0.05, 0.1) is 6.61 Å². The van der Waals surface area contributed by atoms with Crippen molar-refractivity contribution in [3.05, 3.63) is 0 Å². The van der Waals surface area contributed by atoms with Crippen molar-refractivity contribution < 1.29 is 14.6 Å². The number of carbonyl (C=O) groups is 1. The zero-order valence-corrected chi connectivity index (χ0v) is 9.62. The molecule has 0 aromatic rings. The molecule has 0 aliphatic carbocycles. The Morgan fingerprint density at radius 1 is 1.21 bits per heavy atom. The van der Waals surface area contributed by atoms with Crippen LogP contribution in [0.2, 0.25) is 0 Å². The van der Waals surface area contributed by atoms with Gasteiger partial charge < -0.3 is 9.84 Å². The van der Waals surface area contributed by atoms with Gasteiger partial charge in [0.2, 0.25) is 0 Å². The summed E-state index contributed by atoms with van der Waals surface area (Å²) in [5.41, 5.74) is 0. The molecule has 0 fully saturated rings. The van der Waals surface area contributed by atoms with Crippen molar-refractivity contribution in [2.75, 3.05) is 6.61 Å². The summed E-state index contributed by atoms with van der Waals surface area (Å²) in [5.74, 6) is 0.340. The van der Waals surface area contributed by atoms with Gasteiger partial charge in [-0.2, -0.15) is 0 Å². The average Bonchev–Trinajstić information content (AvgIpc) is 2.01. The first kappa shape index (κ1) is 13.4. The molecular weight excluding hydrogens is 180 g/mol. The van der Waals surface area contributed by atoms with Gasteiger partial charge in [0, 0.05) is 0 Å². The molecule has 14 heavy (non-hydrogen) atoms. The van der Waals surface area contributed by atoms with E-state index in [-0.39, 0.29) is 0 Å². The van der Waals surface area contributed by atoms with Gasteiger partial charge in [-0.05, 0) is 24.7 Å². The van der Waals surface area contributed by atoms with Gasteiger partial charge in [-0.3, -0.25) is 0 Å². The van der Waals surface area contributed by atoms with Crippen molar-refractivity contribution in [3.8, 4) is 0 Å². The van der Waals surface area contributed by atoms with E-state index in [4.69, 9.17) is 4.74 Å². The van der Waals surface area contributed by atoms with E-state index < -0.39 is 12.1 Å². The van der Waals surface area contributed by atoms with E-state index >= 15 is 0 Å².